The third kappa shape index (κ3) is 4.51. The molecule has 0 aliphatic carbocycles. The van der Waals surface area contributed by atoms with Crippen LogP contribution in [0.2, 0.25) is 0 Å². The molecule has 7 heteroatoms. The van der Waals surface area contributed by atoms with Gasteiger partial charge in [0.15, 0.2) is 5.69 Å². The predicted octanol–water partition coefficient (Wildman–Crippen LogP) is 4.78. The van der Waals surface area contributed by atoms with Crippen LogP contribution in [0.1, 0.15) is 26.6 Å². The van der Waals surface area contributed by atoms with E-state index in [2.05, 4.69) is 26.7 Å². The van der Waals surface area contributed by atoms with Crippen molar-refractivity contribution >= 4 is 33.1 Å². The number of hydrogen-bond acceptors (Lipinski definition) is 5. The number of para-hydroxylation sites is 1. The number of nitrogens with zero attached hydrogens (tertiary/aromatic N) is 4. The Labute approximate surface area is 183 Å². The lowest BCUT2D eigenvalue weighted by atomic mass is 10.1. The summed E-state index contributed by atoms with van der Waals surface area (Å²) >= 11 is 1.71. The van der Waals surface area contributed by atoms with Gasteiger partial charge in [-0.3, -0.25) is 4.79 Å². The highest BCUT2D eigenvalue weighted by Crippen LogP contribution is 2.24. The molecule has 0 bridgehead atoms. The third-order valence-corrected chi connectivity index (χ3v) is 5.90. The van der Waals surface area contributed by atoms with Crippen LogP contribution in [0.3, 0.4) is 0 Å². The lowest BCUT2D eigenvalue weighted by Gasteiger charge is -2.04. The lowest BCUT2D eigenvalue weighted by Crippen LogP contribution is -2.12. The zero-order chi connectivity index (χ0) is 21.0. The van der Waals surface area contributed by atoms with E-state index >= 15 is 0 Å². The average molecular weight is 426 g/mol. The SMILES string of the molecule is O=C(Nc1ccc(Cc2nc3ccccc3s2)cc1)c1cn(Cc2ccccc2)nn1. The summed E-state index contributed by atoms with van der Waals surface area (Å²) in [4.78, 5) is 17.2. The number of carbonyl (C=O) groups is 1. The minimum atomic E-state index is -0.279. The number of carbonyl (C=O) groups excluding carboxylic acids is 1. The molecule has 1 amide bonds. The van der Waals surface area contributed by atoms with Gasteiger partial charge in [0, 0.05) is 12.1 Å². The monoisotopic (exact) mass is 425 g/mol. The van der Waals surface area contributed by atoms with Gasteiger partial charge >= 0.3 is 0 Å². The van der Waals surface area contributed by atoms with Crippen molar-refractivity contribution in [3.63, 3.8) is 0 Å². The van der Waals surface area contributed by atoms with E-state index in [-0.39, 0.29) is 11.6 Å². The van der Waals surface area contributed by atoms with Crippen LogP contribution in [0.4, 0.5) is 5.69 Å². The summed E-state index contributed by atoms with van der Waals surface area (Å²) in [6, 6.07) is 25.9. The Balaban J connectivity index is 1.22. The minimum Gasteiger partial charge on any atom is -0.321 e. The van der Waals surface area contributed by atoms with Gasteiger partial charge in [0.25, 0.3) is 5.91 Å². The van der Waals surface area contributed by atoms with Crippen molar-refractivity contribution in [3.8, 4) is 0 Å². The molecule has 6 nitrogen and oxygen atoms in total. The Bertz CT molecular complexity index is 1290. The van der Waals surface area contributed by atoms with Gasteiger partial charge in [0.05, 0.1) is 28.0 Å². The normalized spacial score (nSPS) is 11.0. The van der Waals surface area contributed by atoms with Crippen LogP contribution in [0.25, 0.3) is 10.2 Å². The third-order valence-electron chi connectivity index (χ3n) is 4.86. The van der Waals surface area contributed by atoms with E-state index in [4.69, 9.17) is 0 Å². The summed E-state index contributed by atoms with van der Waals surface area (Å²) < 4.78 is 2.85. The molecule has 0 saturated carbocycles. The number of rotatable bonds is 6. The molecule has 152 valence electrons. The Morgan fingerprint density at radius 2 is 1.68 bits per heavy atom. The van der Waals surface area contributed by atoms with E-state index in [0.717, 1.165) is 33.8 Å². The summed E-state index contributed by atoms with van der Waals surface area (Å²) in [5.41, 5.74) is 4.28. The standard InChI is InChI=1S/C24H19N5OS/c30-24(21-16-29(28-27-21)15-18-6-2-1-3-7-18)25-19-12-10-17(11-13-19)14-23-26-20-8-4-5-9-22(20)31-23/h1-13,16H,14-15H2,(H,25,30). The molecule has 1 N–H and O–H groups in total. The first kappa shape index (κ1) is 19.1. The Morgan fingerprint density at radius 1 is 0.903 bits per heavy atom. The minimum absolute atomic E-state index is 0.279. The fourth-order valence-corrected chi connectivity index (χ4v) is 4.32. The second-order valence-corrected chi connectivity index (χ2v) is 8.31. The molecule has 0 aliphatic rings. The van der Waals surface area contributed by atoms with E-state index < -0.39 is 0 Å². The van der Waals surface area contributed by atoms with Gasteiger partial charge in [-0.2, -0.15) is 0 Å². The number of amides is 1. The van der Waals surface area contributed by atoms with Crippen molar-refractivity contribution < 1.29 is 4.79 Å². The molecule has 0 unspecified atom stereocenters. The Morgan fingerprint density at radius 3 is 2.48 bits per heavy atom. The largest absolute Gasteiger partial charge is 0.321 e. The van der Waals surface area contributed by atoms with Crippen LogP contribution in [0.15, 0.2) is 85.1 Å². The van der Waals surface area contributed by atoms with Crippen LogP contribution in [0, 0.1) is 0 Å². The van der Waals surface area contributed by atoms with E-state index in [0.29, 0.717) is 6.54 Å². The Kier molecular flexibility index (Phi) is 5.24. The summed E-state index contributed by atoms with van der Waals surface area (Å²) in [5.74, 6) is -0.279. The predicted molar refractivity (Wildman–Crippen MR) is 122 cm³/mol. The van der Waals surface area contributed by atoms with Gasteiger partial charge in [-0.15, -0.1) is 16.4 Å². The number of benzene rings is 3. The van der Waals surface area contributed by atoms with Crippen molar-refractivity contribution in [1.82, 2.24) is 20.0 Å². The maximum Gasteiger partial charge on any atom is 0.277 e. The van der Waals surface area contributed by atoms with Crippen molar-refractivity contribution in [3.05, 3.63) is 107 Å². The first-order valence-corrected chi connectivity index (χ1v) is 10.7. The number of nitrogens with one attached hydrogen (secondary N) is 1. The van der Waals surface area contributed by atoms with Crippen LogP contribution >= 0.6 is 11.3 Å². The number of fused-ring (bicyclic) bond motifs is 1. The van der Waals surface area contributed by atoms with Crippen LogP contribution in [0.5, 0.6) is 0 Å². The second kappa shape index (κ2) is 8.49. The molecule has 0 radical (unpaired) electrons. The number of thiazole rings is 1. The summed E-state index contributed by atoms with van der Waals surface area (Å²) in [6.45, 7) is 0.571. The molecule has 5 aromatic rings. The molecular weight excluding hydrogens is 406 g/mol. The number of anilines is 1. The van der Waals surface area contributed by atoms with Crippen molar-refractivity contribution in [2.24, 2.45) is 0 Å². The molecule has 0 spiro atoms. The fraction of sp³-hybridized carbons (Fsp3) is 0.0833. The van der Waals surface area contributed by atoms with Crippen LogP contribution in [-0.4, -0.2) is 25.9 Å². The van der Waals surface area contributed by atoms with Gasteiger partial charge in [0.1, 0.15) is 0 Å². The molecule has 0 atom stereocenters. The smallest absolute Gasteiger partial charge is 0.277 e. The zero-order valence-electron chi connectivity index (χ0n) is 16.6. The number of aromatic nitrogens is 4. The van der Waals surface area contributed by atoms with Crippen LogP contribution < -0.4 is 5.32 Å². The highest BCUT2D eigenvalue weighted by molar-refractivity contribution is 7.18. The van der Waals surface area contributed by atoms with Gasteiger partial charge < -0.3 is 5.32 Å². The molecule has 2 heterocycles. The maximum absolute atomic E-state index is 12.5. The van der Waals surface area contributed by atoms with Crippen molar-refractivity contribution in [2.75, 3.05) is 5.32 Å². The van der Waals surface area contributed by atoms with Gasteiger partial charge in [-0.1, -0.05) is 59.8 Å². The van der Waals surface area contributed by atoms with Crippen LogP contribution in [-0.2, 0) is 13.0 Å². The Hall–Kier alpha value is -3.84. The quantitative estimate of drug-likeness (QED) is 0.425. The van der Waals surface area contributed by atoms with Crippen molar-refractivity contribution in [2.45, 2.75) is 13.0 Å². The molecule has 2 aromatic heterocycles. The summed E-state index contributed by atoms with van der Waals surface area (Å²) in [5, 5.41) is 12.0. The second-order valence-electron chi connectivity index (χ2n) is 7.19. The van der Waals surface area contributed by atoms with E-state index in [9.17, 15) is 4.79 Å². The lowest BCUT2D eigenvalue weighted by molar-refractivity contribution is 0.102. The molecule has 31 heavy (non-hydrogen) atoms. The summed E-state index contributed by atoms with van der Waals surface area (Å²) in [6.07, 6.45) is 2.42. The highest BCUT2D eigenvalue weighted by Gasteiger charge is 2.12. The van der Waals surface area contributed by atoms with Gasteiger partial charge in [0.2, 0.25) is 0 Å². The van der Waals surface area contributed by atoms with Crippen molar-refractivity contribution in [1.29, 1.82) is 0 Å². The molecule has 0 aliphatic heterocycles. The first-order chi connectivity index (χ1) is 15.2. The molecule has 3 aromatic carbocycles. The fourth-order valence-electron chi connectivity index (χ4n) is 3.32. The van der Waals surface area contributed by atoms with E-state index in [1.165, 1.54) is 4.70 Å². The molecule has 0 fully saturated rings. The molecule has 5 rings (SSSR count). The average Bonchev–Trinajstić information content (AvgIpc) is 3.42. The van der Waals surface area contributed by atoms with Gasteiger partial charge in [-0.05, 0) is 35.4 Å². The molecular formula is C24H19N5OS. The van der Waals surface area contributed by atoms with Gasteiger partial charge in [-0.25, -0.2) is 9.67 Å². The van der Waals surface area contributed by atoms with E-state index in [1.807, 2.05) is 72.8 Å². The topological polar surface area (TPSA) is 72.7 Å². The molecule has 0 saturated heterocycles. The van der Waals surface area contributed by atoms with E-state index in [1.54, 1.807) is 22.2 Å². The highest BCUT2D eigenvalue weighted by atomic mass is 32.1. The maximum atomic E-state index is 12.5. The number of hydrogen-bond donors (Lipinski definition) is 1. The zero-order valence-corrected chi connectivity index (χ0v) is 17.4. The first-order valence-electron chi connectivity index (χ1n) is 9.92. The summed E-state index contributed by atoms with van der Waals surface area (Å²) in [7, 11) is 0.